The number of rotatable bonds is 0. The Labute approximate surface area is 85.2 Å². The van der Waals surface area contributed by atoms with Gasteiger partial charge in [0, 0.05) is 5.92 Å². The van der Waals surface area contributed by atoms with Crippen molar-refractivity contribution in [1.29, 1.82) is 0 Å². The van der Waals surface area contributed by atoms with Crippen LogP contribution >= 0.6 is 22.6 Å². The number of carbonyl (C=O) groups is 1. The van der Waals surface area contributed by atoms with Crippen molar-refractivity contribution < 1.29 is 9.53 Å². The van der Waals surface area contributed by atoms with Gasteiger partial charge in [-0.1, -0.05) is 29.5 Å². The molecule has 0 spiro atoms. The summed E-state index contributed by atoms with van der Waals surface area (Å²) < 4.78 is 5.96. The van der Waals surface area contributed by atoms with E-state index in [1.165, 1.54) is 6.42 Å². The molecule has 66 valence electrons. The Balaban J connectivity index is 2.06. The summed E-state index contributed by atoms with van der Waals surface area (Å²) in [6.45, 7) is 2.21. The van der Waals surface area contributed by atoms with Crippen LogP contribution in [0, 0.1) is 23.7 Å². The molecule has 1 saturated heterocycles. The summed E-state index contributed by atoms with van der Waals surface area (Å²) in [7, 11) is 0. The van der Waals surface area contributed by atoms with Crippen molar-refractivity contribution in [2.75, 3.05) is 0 Å². The molecule has 1 heterocycles. The maximum absolute atomic E-state index is 11.4. The molecule has 3 fully saturated rings. The van der Waals surface area contributed by atoms with Crippen LogP contribution in [0.2, 0.25) is 0 Å². The highest BCUT2D eigenvalue weighted by Crippen LogP contribution is 2.59. The second-order valence-electron chi connectivity index (χ2n) is 4.29. The number of ether oxygens (including phenoxy) is 1. The second-order valence-corrected chi connectivity index (χ2v) is 5.73. The largest absolute Gasteiger partial charge is 0.461 e. The van der Waals surface area contributed by atoms with Gasteiger partial charge in [0.1, 0.15) is 6.10 Å². The van der Waals surface area contributed by atoms with Gasteiger partial charge in [0.05, 0.1) is 9.84 Å². The lowest BCUT2D eigenvalue weighted by atomic mass is 9.81. The average Bonchev–Trinajstić information content (AvgIpc) is 2.56. The predicted molar refractivity (Wildman–Crippen MR) is 51.9 cm³/mol. The third-order valence-electron chi connectivity index (χ3n) is 3.92. The summed E-state index contributed by atoms with van der Waals surface area (Å²) >= 11 is 2.46. The van der Waals surface area contributed by atoms with E-state index in [9.17, 15) is 4.79 Å². The summed E-state index contributed by atoms with van der Waals surface area (Å²) in [5.41, 5.74) is 0. The van der Waals surface area contributed by atoms with Crippen molar-refractivity contribution in [1.82, 2.24) is 0 Å². The lowest BCUT2D eigenvalue weighted by Crippen LogP contribution is -2.32. The molecule has 0 aromatic carbocycles. The van der Waals surface area contributed by atoms with E-state index in [1.807, 2.05) is 0 Å². The number of hydrogen-bond acceptors (Lipinski definition) is 2. The number of alkyl halides is 1. The molecular weight excluding hydrogens is 267 g/mol. The van der Waals surface area contributed by atoms with Crippen LogP contribution in [-0.2, 0) is 9.53 Å². The average molecular weight is 278 g/mol. The van der Waals surface area contributed by atoms with Gasteiger partial charge in [-0.3, -0.25) is 4.79 Å². The van der Waals surface area contributed by atoms with Crippen molar-refractivity contribution in [3.8, 4) is 0 Å². The van der Waals surface area contributed by atoms with E-state index < -0.39 is 0 Å². The van der Waals surface area contributed by atoms with E-state index in [2.05, 4.69) is 29.5 Å². The summed E-state index contributed by atoms with van der Waals surface area (Å²) in [6.07, 6.45) is 1.50. The minimum Gasteiger partial charge on any atom is -0.461 e. The molecule has 6 unspecified atom stereocenters. The van der Waals surface area contributed by atoms with Crippen LogP contribution in [0.5, 0.6) is 0 Å². The van der Waals surface area contributed by atoms with E-state index in [0.29, 0.717) is 15.8 Å². The Bertz CT molecular complexity index is 253. The monoisotopic (exact) mass is 278 g/mol. The van der Waals surface area contributed by atoms with E-state index in [0.717, 1.165) is 5.92 Å². The molecule has 1 aliphatic heterocycles. The van der Waals surface area contributed by atoms with Crippen molar-refractivity contribution in [2.45, 2.75) is 23.4 Å². The maximum atomic E-state index is 11.4. The minimum absolute atomic E-state index is 0.0826. The molecule has 2 aliphatic carbocycles. The van der Waals surface area contributed by atoms with Crippen molar-refractivity contribution in [3.05, 3.63) is 0 Å². The molecular formula is C9H11IO2. The highest BCUT2D eigenvalue weighted by Gasteiger charge is 2.64. The van der Waals surface area contributed by atoms with Crippen LogP contribution in [0.25, 0.3) is 0 Å². The van der Waals surface area contributed by atoms with Crippen LogP contribution in [0.15, 0.2) is 0 Å². The molecule has 0 aromatic heterocycles. The fourth-order valence-corrected chi connectivity index (χ4v) is 4.95. The van der Waals surface area contributed by atoms with Crippen molar-refractivity contribution in [3.63, 3.8) is 0 Å². The Morgan fingerprint density at radius 2 is 2.25 bits per heavy atom. The highest BCUT2D eigenvalue weighted by atomic mass is 127. The van der Waals surface area contributed by atoms with E-state index in [1.54, 1.807) is 0 Å². The molecule has 6 atom stereocenters. The van der Waals surface area contributed by atoms with Crippen LogP contribution in [0.4, 0.5) is 0 Å². The first-order chi connectivity index (χ1) is 5.70. The molecule has 12 heavy (non-hydrogen) atoms. The smallest absolute Gasteiger partial charge is 0.309 e. The molecule has 0 aromatic rings. The molecule has 3 rings (SSSR count). The van der Waals surface area contributed by atoms with Crippen LogP contribution < -0.4 is 0 Å². The van der Waals surface area contributed by atoms with Crippen molar-refractivity contribution in [2.24, 2.45) is 23.7 Å². The molecule has 3 heteroatoms. The van der Waals surface area contributed by atoms with Crippen molar-refractivity contribution >= 4 is 28.6 Å². The Kier molecular flexibility index (Phi) is 1.37. The first kappa shape index (κ1) is 7.59. The van der Waals surface area contributed by atoms with Crippen LogP contribution in [0.3, 0.4) is 0 Å². The molecule has 2 nitrogen and oxygen atoms in total. The topological polar surface area (TPSA) is 26.3 Å². The van der Waals surface area contributed by atoms with Crippen LogP contribution in [-0.4, -0.2) is 16.0 Å². The van der Waals surface area contributed by atoms with Gasteiger partial charge in [0.2, 0.25) is 0 Å². The zero-order chi connectivity index (χ0) is 8.46. The number of esters is 1. The van der Waals surface area contributed by atoms with Gasteiger partial charge in [-0.2, -0.15) is 0 Å². The minimum atomic E-state index is 0.0826. The standard InChI is InChI=1S/C9H11IO2/c1-3-4-2-5-6(3)9(11)12-8(5)7(4)10/h3-8H,2H2,1H3. The van der Waals surface area contributed by atoms with E-state index >= 15 is 0 Å². The van der Waals surface area contributed by atoms with Gasteiger partial charge >= 0.3 is 5.97 Å². The van der Waals surface area contributed by atoms with Gasteiger partial charge in [0.15, 0.2) is 0 Å². The molecule has 0 amide bonds. The fraction of sp³-hybridized carbons (Fsp3) is 0.889. The molecule has 0 radical (unpaired) electrons. The van der Waals surface area contributed by atoms with Crippen LogP contribution in [0.1, 0.15) is 13.3 Å². The first-order valence-electron chi connectivity index (χ1n) is 4.54. The van der Waals surface area contributed by atoms with Gasteiger partial charge < -0.3 is 4.74 Å². The Morgan fingerprint density at radius 3 is 2.92 bits per heavy atom. The summed E-state index contributed by atoms with van der Waals surface area (Å²) in [6, 6.07) is 0. The molecule has 0 N–H and O–H groups in total. The third-order valence-corrected chi connectivity index (χ3v) is 5.55. The zero-order valence-electron chi connectivity index (χ0n) is 6.87. The van der Waals surface area contributed by atoms with Gasteiger partial charge in [-0.25, -0.2) is 0 Å². The summed E-state index contributed by atoms with van der Waals surface area (Å²) in [5.74, 6) is 2.23. The lowest BCUT2D eigenvalue weighted by Gasteiger charge is -2.25. The highest BCUT2D eigenvalue weighted by molar-refractivity contribution is 14.1. The first-order valence-corrected chi connectivity index (χ1v) is 5.79. The quantitative estimate of drug-likeness (QED) is 0.382. The van der Waals surface area contributed by atoms with Gasteiger partial charge in [0.25, 0.3) is 0 Å². The number of carbonyl (C=O) groups excluding carboxylic acids is 1. The third kappa shape index (κ3) is 0.659. The summed E-state index contributed by atoms with van der Waals surface area (Å²) in [5, 5.41) is 0. The maximum Gasteiger partial charge on any atom is 0.309 e. The Morgan fingerprint density at radius 1 is 1.50 bits per heavy atom. The second kappa shape index (κ2) is 2.16. The number of hydrogen-bond donors (Lipinski definition) is 0. The fourth-order valence-electron chi connectivity index (χ4n) is 3.32. The van der Waals surface area contributed by atoms with E-state index in [4.69, 9.17) is 4.74 Å². The lowest BCUT2D eigenvalue weighted by molar-refractivity contribution is -0.143. The zero-order valence-corrected chi connectivity index (χ0v) is 9.02. The molecule has 3 aliphatic rings. The molecule has 2 saturated carbocycles. The normalized spacial score (nSPS) is 61.0. The van der Waals surface area contributed by atoms with Gasteiger partial charge in [-0.15, -0.1) is 0 Å². The number of halogens is 1. The summed E-state index contributed by atoms with van der Waals surface area (Å²) in [4.78, 5) is 11.4. The van der Waals surface area contributed by atoms with E-state index in [-0.39, 0.29) is 18.0 Å². The van der Waals surface area contributed by atoms with Gasteiger partial charge in [-0.05, 0) is 18.3 Å². The SMILES string of the molecule is CC1C2CC3C(OC(=O)C13)C2I. The number of fused-ring (bicyclic) bond motifs is 1. The molecule has 2 bridgehead atoms. The Hall–Kier alpha value is 0.200. The predicted octanol–water partition coefficient (Wildman–Crippen LogP) is 1.62.